The Bertz CT molecular complexity index is 444. The van der Waals surface area contributed by atoms with Crippen molar-refractivity contribution in [2.45, 2.75) is 57.4 Å². The van der Waals surface area contributed by atoms with Gasteiger partial charge in [-0.1, -0.05) is 19.8 Å². The SMILES string of the molecule is CCC1CCC(CNC2CC2)C(c2cncc(F)c2)C1. The van der Waals surface area contributed by atoms with E-state index in [1.54, 1.807) is 6.07 Å². The summed E-state index contributed by atoms with van der Waals surface area (Å²) in [4.78, 5) is 4.06. The van der Waals surface area contributed by atoms with Crippen LogP contribution in [-0.4, -0.2) is 17.6 Å². The molecular formula is C17H25FN2. The molecule has 3 rings (SSSR count). The van der Waals surface area contributed by atoms with E-state index in [9.17, 15) is 4.39 Å². The monoisotopic (exact) mass is 276 g/mol. The van der Waals surface area contributed by atoms with Gasteiger partial charge in [0.15, 0.2) is 0 Å². The van der Waals surface area contributed by atoms with Crippen LogP contribution >= 0.6 is 0 Å². The first-order valence-corrected chi connectivity index (χ1v) is 8.10. The van der Waals surface area contributed by atoms with Crippen molar-refractivity contribution in [1.29, 1.82) is 0 Å². The minimum atomic E-state index is -0.199. The fraction of sp³-hybridized carbons (Fsp3) is 0.706. The maximum atomic E-state index is 13.5. The van der Waals surface area contributed by atoms with E-state index in [4.69, 9.17) is 0 Å². The van der Waals surface area contributed by atoms with E-state index in [1.807, 2.05) is 6.20 Å². The lowest BCUT2D eigenvalue weighted by Crippen LogP contribution is -2.33. The molecule has 1 heterocycles. The molecule has 2 aliphatic rings. The third-order valence-electron chi connectivity index (χ3n) is 5.08. The third-order valence-corrected chi connectivity index (χ3v) is 5.08. The lowest BCUT2D eigenvalue weighted by molar-refractivity contribution is 0.224. The number of halogens is 1. The third kappa shape index (κ3) is 3.38. The van der Waals surface area contributed by atoms with Gasteiger partial charge in [-0.3, -0.25) is 4.98 Å². The summed E-state index contributed by atoms with van der Waals surface area (Å²) in [5, 5.41) is 3.66. The number of pyridine rings is 1. The Hall–Kier alpha value is -0.960. The highest BCUT2D eigenvalue weighted by Gasteiger charge is 2.32. The van der Waals surface area contributed by atoms with Gasteiger partial charge in [-0.15, -0.1) is 0 Å². The molecule has 2 nitrogen and oxygen atoms in total. The maximum Gasteiger partial charge on any atom is 0.141 e. The topological polar surface area (TPSA) is 24.9 Å². The molecule has 3 unspecified atom stereocenters. The van der Waals surface area contributed by atoms with Crippen LogP contribution in [0, 0.1) is 17.7 Å². The van der Waals surface area contributed by atoms with Crippen LogP contribution < -0.4 is 5.32 Å². The minimum absolute atomic E-state index is 0.199. The summed E-state index contributed by atoms with van der Waals surface area (Å²) in [6, 6.07) is 2.45. The van der Waals surface area contributed by atoms with E-state index in [1.165, 1.54) is 44.7 Å². The molecule has 20 heavy (non-hydrogen) atoms. The Labute approximate surface area is 121 Å². The second kappa shape index (κ2) is 6.21. The van der Waals surface area contributed by atoms with Gasteiger partial charge in [0, 0.05) is 12.2 Å². The number of hydrogen-bond acceptors (Lipinski definition) is 2. The smallest absolute Gasteiger partial charge is 0.141 e. The predicted octanol–water partition coefficient (Wildman–Crippen LogP) is 3.88. The summed E-state index contributed by atoms with van der Waals surface area (Å²) in [6.45, 7) is 3.36. The van der Waals surface area contributed by atoms with Crippen molar-refractivity contribution >= 4 is 0 Å². The van der Waals surface area contributed by atoms with Crippen molar-refractivity contribution in [3.05, 3.63) is 29.8 Å². The van der Waals surface area contributed by atoms with Crippen LogP contribution in [0.15, 0.2) is 18.5 Å². The van der Waals surface area contributed by atoms with E-state index in [0.29, 0.717) is 11.8 Å². The second-order valence-electron chi connectivity index (χ2n) is 6.57. The van der Waals surface area contributed by atoms with Gasteiger partial charge < -0.3 is 5.32 Å². The summed E-state index contributed by atoms with van der Waals surface area (Å²) < 4.78 is 13.5. The summed E-state index contributed by atoms with van der Waals surface area (Å²) in [5.74, 6) is 1.71. The van der Waals surface area contributed by atoms with Gasteiger partial charge in [-0.05, 0) is 61.6 Å². The van der Waals surface area contributed by atoms with Crippen molar-refractivity contribution in [1.82, 2.24) is 10.3 Å². The molecule has 3 atom stereocenters. The zero-order valence-electron chi connectivity index (χ0n) is 12.3. The van der Waals surface area contributed by atoms with E-state index in [-0.39, 0.29) is 5.82 Å². The van der Waals surface area contributed by atoms with Crippen LogP contribution in [0.3, 0.4) is 0 Å². The number of nitrogens with one attached hydrogen (secondary N) is 1. The highest BCUT2D eigenvalue weighted by atomic mass is 19.1. The molecule has 1 aromatic heterocycles. The molecule has 2 saturated carbocycles. The molecule has 0 amide bonds. The Kier molecular flexibility index (Phi) is 4.35. The molecule has 1 aromatic rings. The van der Waals surface area contributed by atoms with Gasteiger partial charge in [0.25, 0.3) is 0 Å². The molecule has 0 saturated heterocycles. The minimum Gasteiger partial charge on any atom is -0.314 e. The van der Waals surface area contributed by atoms with Crippen molar-refractivity contribution in [2.24, 2.45) is 11.8 Å². The Morgan fingerprint density at radius 1 is 1.25 bits per heavy atom. The zero-order chi connectivity index (χ0) is 13.9. The van der Waals surface area contributed by atoms with Crippen LogP contribution in [0.1, 0.15) is 56.9 Å². The van der Waals surface area contributed by atoms with Crippen LogP contribution in [0.5, 0.6) is 0 Å². The molecule has 2 aliphatic carbocycles. The quantitative estimate of drug-likeness (QED) is 0.882. The van der Waals surface area contributed by atoms with Gasteiger partial charge in [-0.2, -0.15) is 0 Å². The van der Waals surface area contributed by atoms with Crippen LogP contribution in [0.4, 0.5) is 4.39 Å². The average Bonchev–Trinajstić information content (AvgIpc) is 3.29. The molecule has 1 N–H and O–H groups in total. The molecule has 2 fully saturated rings. The Balaban J connectivity index is 1.72. The molecule has 0 radical (unpaired) electrons. The largest absolute Gasteiger partial charge is 0.314 e. The van der Waals surface area contributed by atoms with Crippen LogP contribution in [0.2, 0.25) is 0 Å². The van der Waals surface area contributed by atoms with E-state index in [0.717, 1.165) is 24.1 Å². The highest BCUT2D eigenvalue weighted by Crippen LogP contribution is 2.41. The van der Waals surface area contributed by atoms with Gasteiger partial charge in [0.2, 0.25) is 0 Å². The molecule has 0 bridgehead atoms. The average molecular weight is 276 g/mol. The molecule has 0 aliphatic heterocycles. The lowest BCUT2D eigenvalue weighted by atomic mass is 9.70. The first kappa shape index (κ1) is 14.0. The fourth-order valence-corrected chi connectivity index (χ4v) is 3.58. The normalized spacial score (nSPS) is 30.4. The van der Waals surface area contributed by atoms with Crippen LogP contribution in [0.25, 0.3) is 0 Å². The molecule has 0 aromatic carbocycles. The summed E-state index contributed by atoms with van der Waals surface area (Å²) in [7, 11) is 0. The summed E-state index contributed by atoms with van der Waals surface area (Å²) in [5.41, 5.74) is 1.10. The summed E-state index contributed by atoms with van der Waals surface area (Å²) in [6.07, 6.45) is 10.9. The number of nitrogens with zero attached hydrogens (tertiary/aromatic N) is 1. The van der Waals surface area contributed by atoms with Gasteiger partial charge in [-0.25, -0.2) is 4.39 Å². The van der Waals surface area contributed by atoms with Crippen LogP contribution in [-0.2, 0) is 0 Å². The molecule has 110 valence electrons. The van der Waals surface area contributed by atoms with Gasteiger partial charge >= 0.3 is 0 Å². The first-order valence-electron chi connectivity index (χ1n) is 8.10. The van der Waals surface area contributed by atoms with Gasteiger partial charge in [0.1, 0.15) is 5.82 Å². The number of rotatable bonds is 5. The lowest BCUT2D eigenvalue weighted by Gasteiger charge is -2.36. The predicted molar refractivity (Wildman–Crippen MR) is 79.1 cm³/mol. The van der Waals surface area contributed by atoms with Crippen molar-refractivity contribution in [3.8, 4) is 0 Å². The van der Waals surface area contributed by atoms with Gasteiger partial charge in [0.05, 0.1) is 6.20 Å². The molecule has 3 heteroatoms. The summed E-state index contributed by atoms with van der Waals surface area (Å²) >= 11 is 0. The Morgan fingerprint density at radius 3 is 2.80 bits per heavy atom. The fourth-order valence-electron chi connectivity index (χ4n) is 3.58. The second-order valence-corrected chi connectivity index (χ2v) is 6.57. The molecule has 0 spiro atoms. The van der Waals surface area contributed by atoms with E-state index >= 15 is 0 Å². The highest BCUT2D eigenvalue weighted by molar-refractivity contribution is 5.18. The van der Waals surface area contributed by atoms with E-state index < -0.39 is 0 Å². The Morgan fingerprint density at radius 2 is 2.10 bits per heavy atom. The van der Waals surface area contributed by atoms with Crippen molar-refractivity contribution in [2.75, 3.05) is 6.54 Å². The van der Waals surface area contributed by atoms with Crippen molar-refractivity contribution in [3.63, 3.8) is 0 Å². The van der Waals surface area contributed by atoms with Crippen molar-refractivity contribution < 1.29 is 4.39 Å². The zero-order valence-corrected chi connectivity index (χ0v) is 12.3. The molecular weight excluding hydrogens is 251 g/mol. The standard InChI is InChI=1S/C17H25FN2/c1-2-12-3-4-13(10-20-16-5-6-16)17(7-12)14-8-15(18)11-19-9-14/h8-9,11-13,16-17,20H,2-7,10H2,1H3. The number of hydrogen-bond donors (Lipinski definition) is 1. The maximum absolute atomic E-state index is 13.5. The number of aromatic nitrogens is 1. The first-order chi connectivity index (χ1) is 9.76. The van der Waals surface area contributed by atoms with E-state index in [2.05, 4.69) is 17.2 Å².